The van der Waals surface area contributed by atoms with Gasteiger partial charge in [0.1, 0.15) is 6.29 Å². The van der Waals surface area contributed by atoms with Gasteiger partial charge >= 0.3 is 0 Å². The molecule has 0 unspecified atom stereocenters. The smallest absolute Gasteiger partial charge is 0.150 e. The van der Waals surface area contributed by atoms with Crippen LogP contribution in [0.5, 0.6) is 0 Å². The highest BCUT2D eigenvalue weighted by Gasteiger charge is 2.09. The molecule has 0 heterocycles. The lowest BCUT2D eigenvalue weighted by atomic mass is 9.91. The summed E-state index contributed by atoms with van der Waals surface area (Å²) < 4.78 is 0. The van der Waals surface area contributed by atoms with Crippen LogP contribution < -0.4 is 0 Å². The molecule has 2 nitrogen and oxygen atoms in total. The Balaban J connectivity index is 2.41. The maximum atomic E-state index is 11.2. The van der Waals surface area contributed by atoms with Crippen molar-refractivity contribution >= 4 is 12.4 Å². The van der Waals surface area contributed by atoms with Crippen LogP contribution >= 0.6 is 0 Å². The van der Waals surface area contributed by atoms with Crippen molar-refractivity contribution < 1.29 is 4.79 Å². The van der Waals surface area contributed by atoms with Gasteiger partial charge < -0.3 is 0 Å². The van der Waals surface area contributed by atoms with Crippen molar-refractivity contribution in [3.05, 3.63) is 74.3 Å². The number of aryl methyl sites for hydroxylation is 3. The molecule has 0 saturated carbocycles. The van der Waals surface area contributed by atoms with Gasteiger partial charge in [-0.15, -0.1) is 0 Å². The fourth-order valence-corrected chi connectivity index (χ4v) is 3.15. The second-order valence-electron chi connectivity index (χ2n) is 6.50. The van der Waals surface area contributed by atoms with Crippen molar-refractivity contribution in [2.75, 3.05) is 0 Å². The van der Waals surface area contributed by atoms with Crippen molar-refractivity contribution in [1.82, 2.24) is 0 Å². The van der Waals surface area contributed by atoms with E-state index in [1.54, 1.807) is 0 Å². The molecule has 0 bridgehead atoms. The third-order valence-corrected chi connectivity index (χ3v) is 4.57. The summed E-state index contributed by atoms with van der Waals surface area (Å²) in [5.41, 5.74) is 9.58. The molecule has 0 aliphatic rings. The molecule has 2 aromatic carbocycles. The fraction of sp³-hybridized carbons (Fsp3) is 0.273. The lowest BCUT2D eigenvalue weighted by molar-refractivity contribution is 0.112. The Bertz CT molecular complexity index is 843. The zero-order chi connectivity index (χ0) is 17.9. The molecular formula is C22H23NO. The summed E-state index contributed by atoms with van der Waals surface area (Å²) in [5.74, 6) is 0. The maximum Gasteiger partial charge on any atom is 0.150 e. The first kappa shape index (κ1) is 17.7. The van der Waals surface area contributed by atoms with Crippen LogP contribution in [0.3, 0.4) is 0 Å². The topological polar surface area (TPSA) is 40.9 Å². The molecule has 2 rings (SSSR count). The number of carbonyl (C=O) groups is 1. The summed E-state index contributed by atoms with van der Waals surface area (Å²) in [5, 5.41) is 9.07. The monoisotopic (exact) mass is 317 g/mol. The van der Waals surface area contributed by atoms with Gasteiger partial charge in [0.15, 0.2) is 0 Å². The van der Waals surface area contributed by atoms with Crippen LogP contribution in [0, 0.1) is 39.0 Å². The standard InChI is InChI=1S/C22H23NO/c1-14(8-21-16(3)10-19(12-23)11-17(21)4)9-22-15(2)6-7-20(13-24)18(22)5/h6-8,10-11,13H,9H2,1-5H3/b14-8+. The van der Waals surface area contributed by atoms with Gasteiger partial charge in [0.2, 0.25) is 0 Å². The van der Waals surface area contributed by atoms with Crippen LogP contribution in [-0.2, 0) is 6.42 Å². The number of benzene rings is 2. The summed E-state index contributed by atoms with van der Waals surface area (Å²) in [7, 11) is 0. The van der Waals surface area contributed by atoms with E-state index in [2.05, 4.69) is 26.0 Å². The van der Waals surface area contributed by atoms with E-state index >= 15 is 0 Å². The summed E-state index contributed by atoms with van der Waals surface area (Å²) in [6.07, 6.45) is 3.93. The molecule has 122 valence electrons. The van der Waals surface area contributed by atoms with Crippen LogP contribution in [0.1, 0.15) is 56.2 Å². The summed E-state index contributed by atoms with van der Waals surface area (Å²) in [6, 6.07) is 9.95. The Morgan fingerprint density at radius 3 is 2.25 bits per heavy atom. The zero-order valence-corrected chi connectivity index (χ0v) is 15.0. The molecule has 0 aromatic heterocycles. The van der Waals surface area contributed by atoms with E-state index in [0.29, 0.717) is 5.56 Å². The van der Waals surface area contributed by atoms with E-state index in [9.17, 15) is 4.79 Å². The maximum absolute atomic E-state index is 11.2. The minimum atomic E-state index is 0.699. The highest BCUT2D eigenvalue weighted by atomic mass is 16.1. The third-order valence-electron chi connectivity index (χ3n) is 4.57. The second-order valence-corrected chi connectivity index (χ2v) is 6.50. The molecule has 0 aliphatic carbocycles. The molecule has 2 aromatic rings. The normalized spacial score (nSPS) is 11.2. The van der Waals surface area contributed by atoms with Crippen LogP contribution in [0.2, 0.25) is 0 Å². The van der Waals surface area contributed by atoms with E-state index in [4.69, 9.17) is 5.26 Å². The number of hydrogen-bond donors (Lipinski definition) is 0. The first-order valence-electron chi connectivity index (χ1n) is 8.10. The number of nitriles is 1. The number of hydrogen-bond acceptors (Lipinski definition) is 2. The molecule has 0 N–H and O–H groups in total. The molecular weight excluding hydrogens is 294 g/mol. The largest absolute Gasteiger partial charge is 0.298 e. The SMILES string of the molecule is C/C(=C\c1c(C)cc(C#N)cc1C)Cc1c(C)ccc(C=O)c1C. The third kappa shape index (κ3) is 3.63. The average molecular weight is 317 g/mol. The number of carbonyl (C=O) groups excluding carboxylic acids is 1. The van der Waals surface area contributed by atoms with E-state index in [1.807, 2.05) is 45.0 Å². The Labute approximate surface area is 144 Å². The quantitative estimate of drug-likeness (QED) is 0.723. The Morgan fingerprint density at radius 1 is 1.08 bits per heavy atom. The minimum absolute atomic E-state index is 0.699. The Morgan fingerprint density at radius 2 is 1.71 bits per heavy atom. The van der Waals surface area contributed by atoms with Gasteiger partial charge in [0.25, 0.3) is 0 Å². The number of nitrogens with zero attached hydrogens (tertiary/aromatic N) is 1. The second kappa shape index (κ2) is 7.27. The van der Waals surface area contributed by atoms with Gasteiger partial charge in [-0.3, -0.25) is 4.79 Å². The molecule has 0 saturated heterocycles. The molecule has 0 aliphatic heterocycles. The molecule has 2 heteroatoms. The fourth-order valence-electron chi connectivity index (χ4n) is 3.15. The van der Waals surface area contributed by atoms with Gasteiger partial charge in [-0.2, -0.15) is 5.26 Å². The average Bonchev–Trinajstić information content (AvgIpc) is 2.54. The molecule has 0 spiro atoms. The molecule has 0 atom stereocenters. The summed E-state index contributed by atoms with van der Waals surface area (Å²) >= 11 is 0. The van der Waals surface area contributed by atoms with Crippen molar-refractivity contribution in [3.8, 4) is 6.07 Å². The lowest BCUT2D eigenvalue weighted by Gasteiger charge is -2.13. The van der Waals surface area contributed by atoms with E-state index in [1.165, 1.54) is 22.3 Å². The number of allylic oxidation sites excluding steroid dienone is 1. The Kier molecular flexibility index (Phi) is 5.36. The predicted octanol–water partition coefficient (Wildman–Crippen LogP) is 5.25. The summed E-state index contributed by atoms with van der Waals surface area (Å²) in [4.78, 5) is 11.2. The van der Waals surface area contributed by atoms with Crippen LogP contribution in [0.4, 0.5) is 0 Å². The number of rotatable bonds is 4. The molecule has 0 radical (unpaired) electrons. The van der Waals surface area contributed by atoms with Crippen molar-refractivity contribution in [2.45, 2.75) is 41.0 Å². The van der Waals surface area contributed by atoms with Crippen molar-refractivity contribution in [1.29, 1.82) is 5.26 Å². The van der Waals surface area contributed by atoms with Crippen LogP contribution in [0.25, 0.3) is 6.08 Å². The highest BCUT2D eigenvalue weighted by Crippen LogP contribution is 2.24. The van der Waals surface area contributed by atoms with Gasteiger partial charge in [0.05, 0.1) is 11.6 Å². The first-order chi connectivity index (χ1) is 11.4. The van der Waals surface area contributed by atoms with E-state index in [-0.39, 0.29) is 0 Å². The minimum Gasteiger partial charge on any atom is -0.298 e. The zero-order valence-electron chi connectivity index (χ0n) is 15.0. The molecule has 0 amide bonds. The first-order valence-corrected chi connectivity index (χ1v) is 8.10. The van der Waals surface area contributed by atoms with Crippen molar-refractivity contribution in [3.63, 3.8) is 0 Å². The Hall–Kier alpha value is -2.66. The van der Waals surface area contributed by atoms with Gasteiger partial charge in [-0.25, -0.2) is 0 Å². The van der Waals surface area contributed by atoms with Crippen LogP contribution in [0.15, 0.2) is 29.8 Å². The van der Waals surface area contributed by atoms with Crippen molar-refractivity contribution in [2.24, 2.45) is 0 Å². The molecule has 0 fully saturated rings. The van der Waals surface area contributed by atoms with Gasteiger partial charge in [-0.05, 0) is 86.6 Å². The van der Waals surface area contributed by atoms with E-state index < -0.39 is 0 Å². The van der Waals surface area contributed by atoms with E-state index in [0.717, 1.165) is 35.0 Å². The number of aldehydes is 1. The van der Waals surface area contributed by atoms with Crippen LogP contribution in [-0.4, -0.2) is 6.29 Å². The lowest BCUT2D eigenvalue weighted by Crippen LogP contribution is -2.00. The highest BCUT2D eigenvalue weighted by molar-refractivity contribution is 5.78. The molecule has 24 heavy (non-hydrogen) atoms. The van der Waals surface area contributed by atoms with Gasteiger partial charge in [-0.1, -0.05) is 23.8 Å². The predicted molar refractivity (Wildman–Crippen MR) is 99.3 cm³/mol. The summed E-state index contributed by atoms with van der Waals surface area (Å²) in [6.45, 7) is 10.3. The van der Waals surface area contributed by atoms with Gasteiger partial charge in [0, 0.05) is 5.56 Å².